The highest BCUT2D eigenvalue weighted by Gasteiger charge is 2.18. The van der Waals surface area contributed by atoms with Gasteiger partial charge in [0.05, 0.1) is 18.4 Å². The van der Waals surface area contributed by atoms with Crippen LogP contribution >= 0.6 is 15.9 Å². The summed E-state index contributed by atoms with van der Waals surface area (Å²) in [6.07, 6.45) is 1.51. The van der Waals surface area contributed by atoms with Crippen LogP contribution in [0.3, 0.4) is 0 Å². The molecule has 1 heterocycles. The number of nitrogens with zero attached hydrogens (tertiary/aromatic N) is 1. The molecular weight excluding hydrogens is 270 g/mol. The molecule has 16 heavy (non-hydrogen) atoms. The minimum absolute atomic E-state index is 0.0671. The zero-order valence-electron chi connectivity index (χ0n) is 9.06. The van der Waals surface area contributed by atoms with E-state index in [1.165, 1.54) is 0 Å². The van der Waals surface area contributed by atoms with Crippen molar-refractivity contribution in [3.8, 4) is 0 Å². The Morgan fingerprint density at radius 1 is 1.31 bits per heavy atom. The lowest BCUT2D eigenvalue weighted by atomic mass is 10.1. The molecule has 3 nitrogen and oxygen atoms in total. The molecular formula is C12H16BrNO2. The van der Waals surface area contributed by atoms with Gasteiger partial charge in [0, 0.05) is 17.6 Å². The molecule has 0 atom stereocenters. The fraction of sp³-hybridized carbons (Fsp3) is 0.500. The number of benzene rings is 1. The van der Waals surface area contributed by atoms with Crippen LogP contribution in [0.2, 0.25) is 0 Å². The minimum Gasteiger partial charge on any atom is -0.393 e. The van der Waals surface area contributed by atoms with Crippen LogP contribution in [0.25, 0.3) is 0 Å². The predicted molar refractivity (Wildman–Crippen MR) is 67.5 cm³/mol. The first-order valence-electron chi connectivity index (χ1n) is 5.53. The Hall–Kier alpha value is -0.580. The molecule has 0 aromatic heterocycles. The van der Waals surface area contributed by atoms with Gasteiger partial charge in [0.2, 0.25) is 0 Å². The quantitative estimate of drug-likeness (QED) is 0.872. The maximum Gasteiger partial charge on any atom is 0.0682 e. The third-order valence-corrected chi connectivity index (χ3v) is 3.63. The highest BCUT2D eigenvalue weighted by molar-refractivity contribution is 9.10. The first-order chi connectivity index (χ1) is 7.70. The lowest BCUT2D eigenvalue weighted by Crippen LogP contribution is -2.35. The van der Waals surface area contributed by atoms with Crippen LogP contribution in [-0.4, -0.2) is 29.4 Å². The number of piperidine rings is 1. The van der Waals surface area contributed by atoms with E-state index in [0.29, 0.717) is 0 Å². The van der Waals surface area contributed by atoms with Gasteiger partial charge < -0.3 is 15.1 Å². The van der Waals surface area contributed by atoms with Gasteiger partial charge in [-0.15, -0.1) is 0 Å². The van der Waals surface area contributed by atoms with E-state index in [1.54, 1.807) is 0 Å². The third-order valence-electron chi connectivity index (χ3n) is 3.00. The van der Waals surface area contributed by atoms with Gasteiger partial charge in [-0.2, -0.15) is 0 Å². The summed E-state index contributed by atoms with van der Waals surface area (Å²) >= 11 is 3.52. The lowest BCUT2D eigenvalue weighted by molar-refractivity contribution is 0.145. The Bertz CT molecular complexity index is 362. The fourth-order valence-electron chi connectivity index (χ4n) is 2.01. The fourth-order valence-corrected chi connectivity index (χ4v) is 2.69. The smallest absolute Gasteiger partial charge is 0.0682 e. The lowest BCUT2D eigenvalue weighted by Gasteiger charge is -2.32. The Labute approximate surface area is 104 Å². The maximum atomic E-state index is 9.45. The second-order valence-corrected chi connectivity index (χ2v) is 5.02. The SMILES string of the molecule is OCc1ccc(N2CCC(O)CC2)c(Br)c1. The predicted octanol–water partition coefficient (Wildman–Crippen LogP) is 1.90. The Kier molecular flexibility index (Phi) is 3.84. The first-order valence-corrected chi connectivity index (χ1v) is 6.32. The van der Waals surface area contributed by atoms with Gasteiger partial charge >= 0.3 is 0 Å². The summed E-state index contributed by atoms with van der Waals surface area (Å²) in [5.41, 5.74) is 2.05. The van der Waals surface area contributed by atoms with Crippen molar-refractivity contribution in [2.75, 3.05) is 18.0 Å². The highest BCUT2D eigenvalue weighted by Crippen LogP contribution is 2.29. The molecule has 1 aliphatic heterocycles. The standard InChI is InChI=1S/C12H16BrNO2/c13-11-7-9(8-15)1-2-12(11)14-5-3-10(16)4-6-14/h1-2,7,10,15-16H,3-6,8H2. The van der Waals surface area contributed by atoms with E-state index >= 15 is 0 Å². The Balaban J connectivity index is 2.14. The molecule has 0 bridgehead atoms. The summed E-state index contributed by atoms with van der Waals surface area (Å²) in [6, 6.07) is 5.90. The third kappa shape index (κ3) is 2.56. The minimum atomic E-state index is -0.147. The van der Waals surface area contributed by atoms with Crippen molar-refractivity contribution >= 4 is 21.6 Å². The van der Waals surface area contributed by atoms with E-state index in [-0.39, 0.29) is 12.7 Å². The van der Waals surface area contributed by atoms with Crippen LogP contribution < -0.4 is 4.90 Å². The summed E-state index contributed by atoms with van der Waals surface area (Å²) < 4.78 is 1.01. The van der Waals surface area contributed by atoms with Gasteiger partial charge in [0.15, 0.2) is 0 Å². The first kappa shape index (κ1) is 11.9. The van der Waals surface area contributed by atoms with Gasteiger partial charge in [-0.1, -0.05) is 6.07 Å². The molecule has 1 aromatic carbocycles. The molecule has 1 saturated heterocycles. The molecule has 4 heteroatoms. The van der Waals surface area contributed by atoms with Crippen molar-refractivity contribution in [3.05, 3.63) is 28.2 Å². The average molecular weight is 286 g/mol. The number of rotatable bonds is 2. The summed E-state index contributed by atoms with van der Waals surface area (Å²) in [5.74, 6) is 0. The van der Waals surface area contributed by atoms with E-state index in [4.69, 9.17) is 5.11 Å². The summed E-state index contributed by atoms with van der Waals surface area (Å²) in [6.45, 7) is 1.84. The second-order valence-electron chi connectivity index (χ2n) is 4.16. The summed E-state index contributed by atoms with van der Waals surface area (Å²) in [4.78, 5) is 2.26. The highest BCUT2D eigenvalue weighted by atomic mass is 79.9. The zero-order chi connectivity index (χ0) is 11.5. The number of hydrogen-bond donors (Lipinski definition) is 2. The van der Waals surface area contributed by atoms with Gasteiger partial charge in [0.25, 0.3) is 0 Å². The topological polar surface area (TPSA) is 43.7 Å². The molecule has 0 radical (unpaired) electrons. The molecule has 0 spiro atoms. The second kappa shape index (κ2) is 5.17. The van der Waals surface area contributed by atoms with E-state index in [1.807, 2.05) is 18.2 Å². The molecule has 0 amide bonds. The molecule has 0 aliphatic carbocycles. The van der Waals surface area contributed by atoms with Crippen molar-refractivity contribution in [2.24, 2.45) is 0 Å². The van der Waals surface area contributed by atoms with E-state index < -0.39 is 0 Å². The zero-order valence-corrected chi connectivity index (χ0v) is 10.7. The molecule has 2 rings (SSSR count). The van der Waals surface area contributed by atoms with Crippen LogP contribution in [-0.2, 0) is 6.61 Å². The van der Waals surface area contributed by atoms with Crippen molar-refractivity contribution in [1.82, 2.24) is 0 Å². The Morgan fingerprint density at radius 3 is 2.56 bits per heavy atom. The van der Waals surface area contributed by atoms with Crippen LogP contribution in [0, 0.1) is 0 Å². The van der Waals surface area contributed by atoms with Crippen molar-refractivity contribution in [2.45, 2.75) is 25.6 Å². The average Bonchev–Trinajstić information content (AvgIpc) is 2.30. The molecule has 88 valence electrons. The number of hydrogen-bond acceptors (Lipinski definition) is 3. The van der Waals surface area contributed by atoms with Gasteiger partial charge in [-0.3, -0.25) is 0 Å². The molecule has 2 N–H and O–H groups in total. The summed E-state index contributed by atoms with van der Waals surface area (Å²) in [7, 11) is 0. The summed E-state index contributed by atoms with van der Waals surface area (Å²) in [5, 5.41) is 18.5. The molecule has 1 aliphatic rings. The number of aliphatic hydroxyl groups is 2. The molecule has 1 fully saturated rings. The Morgan fingerprint density at radius 2 is 2.00 bits per heavy atom. The van der Waals surface area contributed by atoms with Crippen molar-refractivity contribution in [1.29, 1.82) is 0 Å². The van der Waals surface area contributed by atoms with Crippen LogP contribution in [0.4, 0.5) is 5.69 Å². The monoisotopic (exact) mass is 285 g/mol. The van der Waals surface area contributed by atoms with Crippen LogP contribution in [0.1, 0.15) is 18.4 Å². The van der Waals surface area contributed by atoms with Crippen molar-refractivity contribution < 1.29 is 10.2 Å². The van der Waals surface area contributed by atoms with E-state index in [2.05, 4.69) is 20.8 Å². The van der Waals surface area contributed by atoms with Crippen LogP contribution in [0.5, 0.6) is 0 Å². The van der Waals surface area contributed by atoms with E-state index in [0.717, 1.165) is 41.7 Å². The molecule has 0 unspecified atom stereocenters. The number of halogens is 1. The van der Waals surface area contributed by atoms with E-state index in [9.17, 15) is 5.11 Å². The molecule has 0 saturated carbocycles. The van der Waals surface area contributed by atoms with Gasteiger partial charge in [0.1, 0.15) is 0 Å². The van der Waals surface area contributed by atoms with Gasteiger partial charge in [-0.25, -0.2) is 0 Å². The largest absolute Gasteiger partial charge is 0.393 e. The maximum absolute atomic E-state index is 9.45. The van der Waals surface area contributed by atoms with Crippen LogP contribution in [0.15, 0.2) is 22.7 Å². The van der Waals surface area contributed by atoms with Crippen molar-refractivity contribution in [3.63, 3.8) is 0 Å². The number of anilines is 1. The van der Waals surface area contributed by atoms with Gasteiger partial charge in [-0.05, 0) is 46.5 Å². The number of aliphatic hydroxyl groups excluding tert-OH is 2. The normalized spacial score (nSPS) is 17.8. The molecule has 1 aromatic rings.